The molecule has 2 aliphatic rings. The molecule has 0 spiro atoms. The lowest BCUT2D eigenvalue weighted by molar-refractivity contribution is 0.0526. The first-order valence-corrected chi connectivity index (χ1v) is 9.62. The van der Waals surface area contributed by atoms with Crippen molar-refractivity contribution in [3.05, 3.63) is 48.0 Å². The Bertz CT molecular complexity index is 892. The van der Waals surface area contributed by atoms with Gasteiger partial charge >= 0.3 is 12.0 Å². The molecule has 2 heterocycles. The van der Waals surface area contributed by atoms with Crippen LogP contribution in [0.3, 0.4) is 0 Å². The molecule has 0 atom stereocenters. The Kier molecular flexibility index (Phi) is 5.41. The number of esters is 1. The Balaban J connectivity index is 1.31. The summed E-state index contributed by atoms with van der Waals surface area (Å²) < 4.78 is 15.6. The number of carbonyl (C=O) groups excluding carboxylic acids is 2. The summed E-state index contributed by atoms with van der Waals surface area (Å²) in [5.74, 6) is 1.01. The number of fused-ring (bicyclic) bond motifs is 1. The van der Waals surface area contributed by atoms with Gasteiger partial charge in [-0.2, -0.15) is 0 Å². The minimum atomic E-state index is -0.316. The monoisotopic (exact) mass is 397 g/mol. The van der Waals surface area contributed by atoms with E-state index in [-0.39, 0.29) is 18.8 Å². The number of nitrogens with one attached hydrogen (secondary N) is 1. The number of urea groups is 1. The van der Waals surface area contributed by atoms with Gasteiger partial charge < -0.3 is 29.3 Å². The van der Waals surface area contributed by atoms with Crippen LogP contribution in [0.2, 0.25) is 0 Å². The van der Waals surface area contributed by atoms with Crippen LogP contribution in [0.25, 0.3) is 0 Å². The van der Waals surface area contributed by atoms with Gasteiger partial charge in [0.05, 0.1) is 12.2 Å². The molecule has 2 amide bonds. The largest absolute Gasteiger partial charge is 0.462 e. The molecule has 29 heavy (non-hydrogen) atoms. The van der Waals surface area contributed by atoms with E-state index in [9.17, 15) is 9.59 Å². The van der Waals surface area contributed by atoms with Gasteiger partial charge in [0.1, 0.15) is 0 Å². The van der Waals surface area contributed by atoms with Gasteiger partial charge in [-0.15, -0.1) is 0 Å². The number of nitrogens with zero attached hydrogens (tertiary/aromatic N) is 2. The molecular weight excluding hydrogens is 374 g/mol. The van der Waals surface area contributed by atoms with E-state index in [4.69, 9.17) is 14.2 Å². The summed E-state index contributed by atoms with van der Waals surface area (Å²) in [6, 6.07) is 12.6. The first-order chi connectivity index (χ1) is 14.1. The molecule has 152 valence electrons. The van der Waals surface area contributed by atoms with Crippen molar-refractivity contribution in [1.82, 2.24) is 4.90 Å². The van der Waals surface area contributed by atoms with Crippen LogP contribution in [0.1, 0.15) is 17.3 Å². The lowest BCUT2D eigenvalue weighted by Gasteiger charge is -2.36. The van der Waals surface area contributed by atoms with Crippen LogP contribution < -0.4 is 19.7 Å². The number of rotatable bonds is 4. The molecule has 0 unspecified atom stereocenters. The quantitative estimate of drug-likeness (QED) is 0.799. The summed E-state index contributed by atoms with van der Waals surface area (Å²) in [5.41, 5.74) is 2.24. The number of anilines is 2. The maximum absolute atomic E-state index is 12.6. The number of piperazine rings is 1. The van der Waals surface area contributed by atoms with Crippen LogP contribution in [0.4, 0.5) is 16.2 Å². The molecule has 2 aliphatic heterocycles. The third-order valence-corrected chi connectivity index (χ3v) is 4.93. The van der Waals surface area contributed by atoms with E-state index in [1.54, 1.807) is 42.2 Å². The second-order valence-electron chi connectivity index (χ2n) is 6.74. The van der Waals surface area contributed by atoms with Crippen molar-refractivity contribution < 1.29 is 23.8 Å². The SMILES string of the molecule is CCOC(=O)c1ccc(N2CCN(C(=O)Nc3ccc4c(c3)OCO4)CC2)cc1. The smallest absolute Gasteiger partial charge is 0.338 e. The zero-order valence-electron chi connectivity index (χ0n) is 16.2. The zero-order valence-corrected chi connectivity index (χ0v) is 16.2. The topological polar surface area (TPSA) is 80.3 Å². The number of hydrogen-bond acceptors (Lipinski definition) is 6. The van der Waals surface area contributed by atoms with Crippen LogP contribution in [0.5, 0.6) is 11.5 Å². The van der Waals surface area contributed by atoms with Crippen molar-refractivity contribution in [1.29, 1.82) is 0 Å². The first-order valence-electron chi connectivity index (χ1n) is 9.62. The Morgan fingerprint density at radius 1 is 1.00 bits per heavy atom. The van der Waals surface area contributed by atoms with E-state index >= 15 is 0 Å². The number of amides is 2. The molecule has 0 radical (unpaired) electrons. The maximum Gasteiger partial charge on any atom is 0.338 e. The van der Waals surface area contributed by atoms with Crippen LogP contribution in [0.15, 0.2) is 42.5 Å². The lowest BCUT2D eigenvalue weighted by Crippen LogP contribution is -2.50. The Morgan fingerprint density at radius 3 is 2.45 bits per heavy atom. The fourth-order valence-electron chi connectivity index (χ4n) is 3.37. The first kappa shape index (κ1) is 18.9. The predicted molar refractivity (Wildman–Crippen MR) is 108 cm³/mol. The second kappa shape index (κ2) is 8.30. The number of ether oxygens (including phenoxy) is 3. The molecule has 1 N–H and O–H groups in total. The van der Waals surface area contributed by atoms with Crippen LogP contribution in [-0.4, -0.2) is 56.5 Å². The lowest BCUT2D eigenvalue weighted by atomic mass is 10.2. The summed E-state index contributed by atoms with van der Waals surface area (Å²) in [6.45, 7) is 4.99. The Hall–Kier alpha value is -3.42. The number of benzene rings is 2. The predicted octanol–water partition coefficient (Wildman–Crippen LogP) is 2.95. The fourth-order valence-corrected chi connectivity index (χ4v) is 3.37. The summed E-state index contributed by atoms with van der Waals surface area (Å²) in [6.07, 6.45) is 0. The van der Waals surface area contributed by atoms with E-state index in [0.29, 0.717) is 55.5 Å². The van der Waals surface area contributed by atoms with Crippen molar-refractivity contribution in [2.75, 3.05) is 49.8 Å². The highest BCUT2D eigenvalue weighted by Crippen LogP contribution is 2.34. The molecule has 4 rings (SSSR count). The molecule has 8 nitrogen and oxygen atoms in total. The average Bonchev–Trinajstić information content (AvgIpc) is 3.22. The zero-order chi connectivity index (χ0) is 20.2. The molecule has 0 aromatic heterocycles. The van der Waals surface area contributed by atoms with Gasteiger partial charge in [0.15, 0.2) is 11.5 Å². The van der Waals surface area contributed by atoms with E-state index in [2.05, 4.69) is 10.2 Å². The van der Waals surface area contributed by atoms with Gasteiger partial charge in [-0.05, 0) is 43.3 Å². The van der Waals surface area contributed by atoms with Crippen molar-refractivity contribution in [3.8, 4) is 11.5 Å². The summed E-state index contributed by atoms with van der Waals surface area (Å²) in [5, 5.41) is 2.91. The highest BCUT2D eigenvalue weighted by atomic mass is 16.7. The van der Waals surface area contributed by atoms with Gasteiger partial charge in [-0.25, -0.2) is 9.59 Å². The highest BCUT2D eigenvalue weighted by Gasteiger charge is 2.22. The van der Waals surface area contributed by atoms with Crippen LogP contribution in [0, 0.1) is 0 Å². The molecule has 1 fully saturated rings. The van der Waals surface area contributed by atoms with Crippen molar-refractivity contribution in [2.45, 2.75) is 6.92 Å². The molecule has 0 aliphatic carbocycles. The summed E-state index contributed by atoms with van der Waals surface area (Å²) in [4.78, 5) is 28.3. The molecule has 2 aromatic rings. The summed E-state index contributed by atoms with van der Waals surface area (Å²) >= 11 is 0. The molecular formula is C21H23N3O5. The molecule has 1 saturated heterocycles. The maximum atomic E-state index is 12.6. The van der Waals surface area contributed by atoms with Crippen LogP contribution in [-0.2, 0) is 4.74 Å². The minimum Gasteiger partial charge on any atom is -0.462 e. The number of hydrogen-bond donors (Lipinski definition) is 1. The molecule has 2 aromatic carbocycles. The van der Waals surface area contributed by atoms with Crippen molar-refractivity contribution in [3.63, 3.8) is 0 Å². The van der Waals surface area contributed by atoms with Gasteiger partial charge in [0, 0.05) is 43.6 Å². The normalized spacial score (nSPS) is 15.2. The Labute approximate surface area is 168 Å². The van der Waals surface area contributed by atoms with Crippen LogP contribution >= 0.6 is 0 Å². The van der Waals surface area contributed by atoms with Gasteiger partial charge in [-0.3, -0.25) is 0 Å². The third-order valence-electron chi connectivity index (χ3n) is 4.93. The van der Waals surface area contributed by atoms with E-state index in [1.807, 2.05) is 12.1 Å². The molecule has 0 saturated carbocycles. The van der Waals surface area contributed by atoms with Crippen molar-refractivity contribution >= 4 is 23.4 Å². The van der Waals surface area contributed by atoms with Gasteiger partial charge in [0.25, 0.3) is 0 Å². The van der Waals surface area contributed by atoms with Gasteiger partial charge in [-0.1, -0.05) is 0 Å². The van der Waals surface area contributed by atoms with E-state index in [1.165, 1.54) is 0 Å². The van der Waals surface area contributed by atoms with Crippen molar-refractivity contribution in [2.24, 2.45) is 0 Å². The van der Waals surface area contributed by atoms with E-state index < -0.39 is 0 Å². The second-order valence-corrected chi connectivity index (χ2v) is 6.74. The van der Waals surface area contributed by atoms with E-state index in [0.717, 1.165) is 5.69 Å². The summed E-state index contributed by atoms with van der Waals surface area (Å²) in [7, 11) is 0. The third kappa shape index (κ3) is 4.21. The Morgan fingerprint density at radius 2 is 1.72 bits per heavy atom. The highest BCUT2D eigenvalue weighted by molar-refractivity contribution is 5.90. The average molecular weight is 397 g/mol. The molecule has 8 heteroatoms. The fraction of sp³-hybridized carbons (Fsp3) is 0.333. The minimum absolute atomic E-state index is 0.138. The standard InChI is InChI=1S/C21H23N3O5/c1-2-27-20(25)15-3-6-17(7-4-15)23-9-11-24(12-10-23)21(26)22-16-5-8-18-19(13-16)29-14-28-18/h3-8,13H,2,9-12,14H2,1H3,(H,22,26). The van der Waals surface area contributed by atoms with Gasteiger partial charge in [0.2, 0.25) is 6.79 Å². The molecule has 0 bridgehead atoms. The number of carbonyl (C=O) groups is 2.